The van der Waals surface area contributed by atoms with Crippen molar-refractivity contribution in [2.75, 3.05) is 4.90 Å². The summed E-state index contributed by atoms with van der Waals surface area (Å²) in [5, 5.41) is 5.22. The third kappa shape index (κ3) is 4.87. The van der Waals surface area contributed by atoms with E-state index in [1.807, 2.05) is 0 Å². The maximum atomic E-state index is 2.47. The highest BCUT2D eigenvalue weighted by molar-refractivity contribution is 6.05. The van der Waals surface area contributed by atoms with Crippen molar-refractivity contribution in [3.05, 3.63) is 174 Å². The number of fused-ring (bicyclic) bond motifs is 6. The Morgan fingerprint density at radius 3 is 1.60 bits per heavy atom. The van der Waals surface area contributed by atoms with Crippen LogP contribution in [0.15, 0.2) is 152 Å². The normalized spacial score (nSPS) is 13.4. The topological polar surface area (TPSA) is 3.24 Å². The second-order valence-electron chi connectivity index (χ2n) is 12.7. The predicted molar refractivity (Wildman–Crippen MR) is 202 cm³/mol. The van der Waals surface area contributed by atoms with E-state index in [1.165, 1.54) is 66.1 Å². The molecule has 0 amide bonds. The van der Waals surface area contributed by atoms with Gasteiger partial charge in [-0.2, -0.15) is 0 Å². The average Bonchev–Trinajstić information content (AvgIpc) is 3.15. The average molecular weight is 602 g/mol. The Labute approximate surface area is 276 Å². The van der Waals surface area contributed by atoms with Gasteiger partial charge >= 0.3 is 0 Å². The van der Waals surface area contributed by atoms with E-state index in [0.29, 0.717) is 0 Å². The lowest BCUT2D eigenvalue weighted by Crippen LogP contribution is -2.09. The highest BCUT2D eigenvalue weighted by Crippen LogP contribution is 2.44. The summed E-state index contributed by atoms with van der Waals surface area (Å²) in [6, 6.07) is 51.1. The molecule has 0 unspecified atom stereocenters. The van der Waals surface area contributed by atoms with Crippen LogP contribution in [0.2, 0.25) is 0 Å². The van der Waals surface area contributed by atoms with E-state index in [9.17, 15) is 0 Å². The minimum Gasteiger partial charge on any atom is -0.310 e. The van der Waals surface area contributed by atoms with Crippen LogP contribution >= 0.6 is 0 Å². The molecule has 7 aromatic rings. The third-order valence-electron chi connectivity index (χ3n) is 9.95. The van der Waals surface area contributed by atoms with Gasteiger partial charge in [0.2, 0.25) is 0 Å². The van der Waals surface area contributed by atoms with Crippen molar-refractivity contribution in [2.24, 2.45) is 0 Å². The second kappa shape index (κ2) is 11.6. The lowest BCUT2D eigenvalue weighted by Gasteiger charge is -2.27. The maximum Gasteiger partial charge on any atom is 0.0468 e. The third-order valence-corrected chi connectivity index (χ3v) is 9.95. The molecule has 2 aliphatic rings. The van der Waals surface area contributed by atoms with Crippen LogP contribution in [0.1, 0.15) is 35.1 Å². The molecule has 0 radical (unpaired) electrons. The first-order valence-corrected chi connectivity index (χ1v) is 16.8. The Balaban J connectivity index is 1.20. The first kappa shape index (κ1) is 27.6. The molecule has 0 heterocycles. The Morgan fingerprint density at radius 2 is 0.936 bits per heavy atom. The maximum absolute atomic E-state index is 2.47. The highest BCUT2D eigenvalue weighted by Gasteiger charge is 2.22. The number of nitrogens with zero attached hydrogens (tertiary/aromatic N) is 1. The SMILES string of the molecule is C1=Cc2c(c(-c3ccccc3)cc3cc(-c4ccc(N(c5ccccc5)c5ccc6ccccc6c5)cc4)c4c(c23)C=CCC4)CC1. The zero-order valence-corrected chi connectivity index (χ0v) is 26.4. The fourth-order valence-electron chi connectivity index (χ4n) is 7.75. The second-order valence-corrected chi connectivity index (χ2v) is 12.7. The Kier molecular flexibility index (Phi) is 6.82. The summed E-state index contributed by atoms with van der Waals surface area (Å²) in [4.78, 5) is 2.36. The molecule has 0 N–H and O–H groups in total. The number of benzene rings is 7. The molecule has 7 aromatic carbocycles. The number of para-hydroxylation sites is 1. The molecule has 0 spiro atoms. The van der Waals surface area contributed by atoms with E-state index in [2.05, 4.69) is 169 Å². The quantitative estimate of drug-likeness (QED) is 0.190. The molecule has 9 rings (SSSR count). The molecule has 0 fully saturated rings. The van der Waals surface area contributed by atoms with E-state index in [0.717, 1.165) is 42.7 Å². The molecule has 0 bridgehead atoms. The summed E-state index contributed by atoms with van der Waals surface area (Å²) in [7, 11) is 0. The van der Waals surface area contributed by atoms with Gasteiger partial charge < -0.3 is 4.90 Å². The molecule has 0 aliphatic heterocycles. The number of hydrogen-bond acceptors (Lipinski definition) is 1. The molecule has 0 saturated carbocycles. The minimum absolute atomic E-state index is 1.06. The van der Waals surface area contributed by atoms with Gasteiger partial charge in [-0.1, -0.05) is 115 Å². The first-order chi connectivity index (χ1) is 23.3. The lowest BCUT2D eigenvalue weighted by molar-refractivity contribution is 0.984. The van der Waals surface area contributed by atoms with Crippen molar-refractivity contribution in [3.8, 4) is 22.3 Å². The Hall–Kier alpha value is -5.66. The standard InChI is InChI=1S/C46H35N/c1-3-14-33(15-4-1)44-30-36-31-45(41-20-10-12-22-43(41)46(36)42-21-11-9-19-40(42)44)34-24-26-38(27-25-34)47(37-17-5-2-6-18-37)39-28-23-32-13-7-8-16-35(32)29-39/h1-8,11-18,21-31H,9-10,19-20H2. The van der Waals surface area contributed by atoms with Gasteiger partial charge in [-0.25, -0.2) is 0 Å². The molecule has 0 saturated heterocycles. The lowest BCUT2D eigenvalue weighted by atomic mass is 9.79. The van der Waals surface area contributed by atoms with Gasteiger partial charge in [0, 0.05) is 17.1 Å². The molecule has 1 nitrogen and oxygen atoms in total. The fourth-order valence-corrected chi connectivity index (χ4v) is 7.75. The van der Waals surface area contributed by atoms with Crippen LogP contribution < -0.4 is 4.90 Å². The summed E-state index contributed by atoms with van der Waals surface area (Å²) < 4.78 is 0. The zero-order chi connectivity index (χ0) is 31.2. The van der Waals surface area contributed by atoms with Crippen LogP contribution in [0.3, 0.4) is 0 Å². The monoisotopic (exact) mass is 601 g/mol. The Bertz CT molecular complexity index is 2330. The summed E-state index contributed by atoms with van der Waals surface area (Å²) in [5.74, 6) is 0. The van der Waals surface area contributed by atoms with Crippen molar-refractivity contribution in [1.29, 1.82) is 0 Å². The van der Waals surface area contributed by atoms with Crippen LogP contribution in [0.5, 0.6) is 0 Å². The smallest absolute Gasteiger partial charge is 0.0468 e. The van der Waals surface area contributed by atoms with Crippen LogP contribution in [-0.2, 0) is 12.8 Å². The molecule has 0 aromatic heterocycles. The van der Waals surface area contributed by atoms with Gasteiger partial charge in [0.15, 0.2) is 0 Å². The van der Waals surface area contributed by atoms with E-state index in [-0.39, 0.29) is 0 Å². The van der Waals surface area contributed by atoms with E-state index in [1.54, 1.807) is 0 Å². The van der Waals surface area contributed by atoms with Crippen molar-refractivity contribution >= 4 is 50.8 Å². The van der Waals surface area contributed by atoms with Crippen molar-refractivity contribution < 1.29 is 0 Å². The zero-order valence-electron chi connectivity index (χ0n) is 26.4. The predicted octanol–water partition coefficient (Wildman–Crippen LogP) is 12.7. The highest BCUT2D eigenvalue weighted by atomic mass is 15.1. The number of hydrogen-bond donors (Lipinski definition) is 0. The number of rotatable bonds is 5. The van der Waals surface area contributed by atoms with E-state index >= 15 is 0 Å². The van der Waals surface area contributed by atoms with Crippen LogP contribution in [-0.4, -0.2) is 0 Å². The molecule has 2 aliphatic carbocycles. The van der Waals surface area contributed by atoms with Crippen molar-refractivity contribution in [1.82, 2.24) is 0 Å². The van der Waals surface area contributed by atoms with Gasteiger partial charge in [0.25, 0.3) is 0 Å². The Morgan fingerprint density at radius 1 is 0.404 bits per heavy atom. The van der Waals surface area contributed by atoms with Crippen LogP contribution in [0.25, 0.3) is 56.0 Å². The van der Waals surface area contributed by atoms with Crippen molar-refractivity contribution in [3.63, 3.8) is 0 Å². The van der Waals surface area contributed by atoms with Crippen molar-refractivity contribution in [2.45, 2.75) is 25.7 Å². The van der Waals surface area contributed by atoms with Gasteiger partial charge in [-0.05, 0) is 140 Å². The summed E-state index contributed by atoms with van der Waals surface area (Å²) in [6.07, 6.45) is 13.8. The molecule has 1 heteroatoms. The van der Waals surface area contributed by atoms with Gasteiger partial charge in [0.1, 0.15) is 0 Å². The minimum atomic E-state index is 1.06. The first-order valence-electron chi connectivity index (χ1n) is 16.8. The van der Waals surface area contributed by atoms with Crippen LogP contribution in [0, 0.1) is 0 Å². The number of anilines is 3. The van der Waals surface area contributed by atoms with E-state index < -0.39 is 0 Å². The molecular weight excluding hydrogens is 567 g/mol. The van der Waals surface area contributed by atoms with Gasteiger partial charge in [0.05, 0.1) is 0 Å². The molecular formula is C46H35N. The summed E-state index contributed by atoms with van der Waals surface area (Å²) in [5.41, 5.74) is 14.5. The molecule has 224 valence electrons. The van der Waals surface area contributed by atoms with E-state index in [4.69, 9.17) is 0 Å². The summed E-state index contributed by atoms with van der Waals surface area (Å²) >= 11 is 0. The summed E-state index contributed by atoms with van der Waals surface area (Å²) in [6.45, 7) is 0. The molecule has 0 atom stereocenters. The van der Waals surface area contributed by atoms with Gasteiger partial charge in [-0.15, -0.1) is 0 Å². The number of allylic oxidation sites excluding steroid dienone is 2. The molecule has 47 heavy (non-hydrogen) atoms. The largest absolute Gasteiger partial charge is 0.310 e. The fraction of sp³-hybridized carbons (Fsp3) is 0.0870. The van der Waals surface area contributed by atoms with Crippen LogP contribution in [0.4, 0.5) is 17.1 Å². The van der Waals surface area contributed by atoms with Gasteiger partial charge in [-0.3, -0.25) is 0 Å².